The lowest BCUT2D eigenvalue weighted by atomic mass is 10.1. The SMILES string of the molecule is Cc1nc2cn(C3CCC(=O)N(C)C3)nc2nc1Cl. The Labute approximate surface area is 115 Å². The van der Waals surface area contributed by atoms with Crippen LogP contribution in [0.5, 0.6) is 0 Å². The van der Waals surface area contributed by atoms with E-state index in [1.54, 1.807) is 4.90 Å². The number of hydrogen-bond donors (Lipinski definition) is 0. The van der Waals surface area contributed by atoms with E-state index in [2.05, 4.69) is 15.1 Å². The zero-order chi connectivity index (χ0) is 13.6. The zero-order valence-electron chi connectivity index (χ0n) is 10.8. The molecule has 2 aromatic rings. The van der Waals surface area contributed by atoms with Crippen molar-refractivity contribution in [2.45, 2.75) is 25.8 Å². The van der Waals surface area contributed by atoms with Crippen molar-refractivity contribution < 1.29 is 4.79 Å². The van der Waals surface area contributed by atoms with Crippen LogP contribution >= 0.6 is 11.6 Å². The monoisotopic (exact) mass is 279 g/mol. The Morgan fingerprint density at radius 3 is 2.95 bits per heavy atom. The Bertz CT molecular complexity index is 614. The lowest BCUT2D eigenvalue weighted by Gasteiger charge is -2.29. The molecule has 7 heteroatoms. The van der Waals surface area contributed by atoms with Crippen LogP contribution in [0.15, 0.2) is 6.20 Å². The first kappa shape index (κ1) is 12.3. The summed E-state index contributed by atoms with van der Waals surface area (Å²) in [5.41, 5.74) is 1.99. The fourth-order valence-corrected chi connectivity index (χ4v) is 2.45. The summed E-state index contributed by atoms with van der Waals surface area (Å²) in [6.45, 7) is 2.48. The van der Waals surface area contributed by atoms with E-state index in [9.17, 15) is 4.79 Å². The van der Waals surface area contributed by atoms with Gasteiger partial charge in [0, 0.05) is 20.0 Å². The van der Waals surface area contributed by atoms with Crippen molar-refractivity contribution in [3.05, 3.63) is 17.0 Å². The van der Waals surface area contributed by atoms with E-state index in [-0.39, 0.29) is 11.9 Å². The average molecular weight is 280 g/mol. The lowest BCUT2D eigenvalue weighted by Crippen LogP contribution is -2.38. The van der Waals surface area contributed by atoms with E-state index in [1.165, 1.54) is 0 Å². The number of likely N-dealkylation sites (N-methyl/N-ethyl adjacent to an activating group) is 1. The van der Waals surface area contributed by atoms with E-state index in [0.29, 0.717) is 29.5 Å². The van der Waals surface area contributed by atoms with E-state index in [1.807, 2.05) is 24.9 Å². The highest BCUT2D eigenvalue weighted by Gasteiger charge is 2.25. The fraction of sp³-hybridized carbons (Fsp3) is 0.500. The second-order valence-corrected chi connectivity index (χ2v) is 5.24. The number of rotatable bonds is 1. The van der Waals surface area contributed by atoms with Gasteiger partial charge in [0.05, 0.1) is 17.9 Å². The van der Waals surface area contributed by atoms with Crippen molar-refractivity contribution in [2.75, 3.05) is 13.6 Å². The van der Waals surface area contributed by atoms with Crippen molar-refractivity contribution in [2.24, 2.45) is 0 Å². The number of likely N-dealkylation sites (tertiary alicyclic amines) is 1. The highest BCUT2D eigenvalue weighted by atomic mass is 35.5. The number of amides is 1. The first-order valence-corrected chi connectivity index (χ1v) is 6.55. The van der Waals surface area contributed by atoms with Gasteiger partial charge in [0.15, 0.2) is 5.15 Å². The number of halogens is 1. The molecule has 0 aliphatic carbocycles. The molecule has 1 amide bonds. The minimum absolute atomic E-state index is 0.179. The number of aryl methyl sites for hydroxylation is 1. The second-order valence-electron chi connectivity index (χ2n) is 4.88. The number of nitrogens with zero attached hydrogens (tertiary/aromatic N) is 5. The molecule has 0 saturated carbocycles. The number of carbonyl (C=O) groups is 1. The first-order valence-electron chi connectivity index (χ1n) is 6.17. The van der Waals surface area contributed by atoms with Crippen LogP contribution in [-0.2, 0) is 4.79 Å². The Morgan fingerprint density at radius 1 is 1.42 bits per heavy atom. The molecule has 19 heavy (non-hydrogen) atoms. The van der Waals surface area contributed by atoms with Gasteiger partial charge in [-0.05, 0) is 13.3 Å². The topological polar surface area (TPSA) is 63.9 Å². The Morgan fingerprint density at radius 2 is 2.21 bits per heavy atom. The minimum Gasteiger partial charge on any atom is -0.344 e. The highest BCUT2D eigenvalue weighted by molar-refractivity contribution is 6.30. The molecule has 1 atom stereocenters. The predicted octanol–water partition coefficient (Wildman–Crippen LogP) is 1.58. The average Bonchev–Trinajstić information content (AvgIpc) is 2.76. The summed E-state index contributed by atoms with van der Waals surface area (Å²) in [5.74, 6) is 0.183. The van der Waals surface area contributed by atoms with Gasteiger partial charge in [-0.2, -0.15) is 5.10 Å². The molecule has 3 heterocycles. The van der Waals surface area contributed by atoms with Crippen molar-refractivity contribution >= 4 is 28.7 Å². The van der Waals surface area contributed by atoms with Crippen molar-refractivity contribution in [1.29, 1.82) is 0 Å². The van der Waals surface area contributed by atoms with E-state index >= 15 is 0 Å². The molecule has 100 valence electrons. The molecule has 0 bridgehead atoms. The van der Waals surface area contributed by atoms with E-state index in [4.69, 9.17) is 11.6 Å². The molecule has 1 saturated heterocycles. The molecular weight excluding hydrogens is 266 g/mol. The Balaban J connectivity index is 1.95. The minimum atomic E-state index is 0.179. The lowest BCUT2D eigenvalue weighted by molar-refractivity contribution is -0.133. The molecule has 1 aliphatic heterocycles. The van der Waals surface area contributed by atoms with Gasteiger partial charge in [-0.1, -0.05) is 11.6 Å². The number of hydrogen-bond acceptors (Lipinski definition) is 4. The molecule has 1 fully saturated rings. The summed E-state index contributed by atoms with van der Waals surface area (Å²) in [6, 6.07) is 0.179. The molecule has 0 N–H and O–H groups in total. The van der Waals surface area contributed by atoms with Crippen LogP contribution in [0.1, 0.15) is 24.6 Å². The van der Waals surface area contributed by atoms with Gasteiger partial charge < -0.3 is 4.90 Å². The predicted molar refractivity (Wildman–Crippen MR) is 71.0 cm³/mol. The molecule has 0 aromatic carbocycles. The maximum absolute atomic E-state index is 11.5. The number of aromatic nitrogens is 4. The smallest absolute Gasteiger partial charge is 0.222 e. The van der Waals surface area contributed by atoms with E-state index in [0.717, 1.165) is 11.9 Å². The summed E-state index contributed by atoms with van der Waals surface area (Å²) in [6.07, 6.45) is 3.22. The third-order valence-corrected chi connectivity index (χ3v) is 3.82. The van der Waals surface area contributed by atoms with Crippen LogP contribution in [0.3, 0.4) is 0 Å². The van der Waals surface area contributed by atoms with Crippen molar-refractivity contribution in [3.8, 4) is 0 Å². The van der Waals surface area contributed by atoms with Gasteiger partial charge in [0.2, 0.25) is 11.6 Å². The quantitative estimate of drug-likeness (QED) is 0.795. The summed E-state index contributed by atoms with van der Waals surface area (Å²) in [7, 11) is 1.81. The molecule has 3 rings (SSSR count). The van der Waals surface area contributed by atoms with Crippen LogP contribution < -0.4 is 0 Å². The van der Waals surface area contributed by atoms with Crippen LogP contribution in [0, 0.1) is 6.92 Å². The summed E-state index contributed by atoms with van der Waals surface area (Å²) >= 11 is 5.95. The number of carbonyl (C=O) groups excluding carboxylic acids is 1. The zero-order valence-corrected chi connectivity index (χ0v) is 11.6. The summed E-state index contributed by atoms with van der Waals surface area (Å²) in [4.78, 5) is 21.8. The third kappa shape index (κ3) is 2.16. The van der Waals surface area contributed by atoms with Gasteiger partial charge in [-0.25, -0.2) is 9.97 Å². The highest BCUT2D eigenvalue weighted by Crippen LogP contribution is 2.23. The molecule has 0 radical (unpaired) electrons. The molecule has 0 spiro atoms. The molecular formula is C12H14ClN5O. The number of piperidine rings is 1. The van der Waals surface area contributed by atoms with Crippen molar-refractivity contribution in [1.82, 2.24) is 24.6 Å². The maximum Gasteiger partial charge on any atom is 0.222 e. The Kier molecular flexibility index (Phi) is 2.89. The molecule has 6 nitrogen and oxygen atoms in total. The maximum atomic E-state index is 11.5. The molecule has 1 unspecified atom stereocenters. The molecule has 2 aromatic heterocycles. The normalized spacial score (nSPS) is 20.3. The second kappa shape index (κ2) is 4.45. The largest absolute Gasteiger partial charge is 0.344 e. The van der Waals surface area contributed by atoms with Gasteiger partial charge in [0.25, 0.3) is 0 Å². The molecule has 1 aliphatic rings. The number of fused-ring (bicyclic) bond motifs is 1. The van der Waals surface area contributed by atoms with E-state index < -0.39 is 0 Å². The first-order chi connectivity index (χ1) is 9.04. The van der Waals surface area contributed by atoms with Crippen LogP contribution in [0.4, 0.5) is 0 Å². The van der Waals surface area contributed by atoms with Gasteiger partial charge in [0.1, 0.15) is 5.52 Å². The van der Waals surface area contributed by atoms with Crippen LogP contribution in [0.25, 0.3) is 11.2 Å². The van der Waals surface area contributed by atoms with Gasteiger partial charge in [-0.3, -0.25) is 9.48 Å². The summed E-state index contributed by atoms with van der Waals surface area (Å²) < 4.78 is 1.85. The third-order valence-electron chi connectivity index (χ3n) is 3.46. The standard InChI is InChI=1S/C12H14ClN5O/c1-7-11(13)15-12-9(14-7)6-18(16-12)8-3-4-10(19)17(2)5-8/h6,8H,3-5H2,1-2H3. The summed E-state index contributed by atoms with van der Waals surface area (Å²) in [5, 5.41) is 4.80. The van der Waals surface area contributed by atoms with Crippen molar-refractivity contribution in [3.63, 3.8) is 0 Å². The van der Waals surface area contributed by atoms with Crippen LogP contribution in [0.2, 0.25) is 5.15 Å². The van der Waals surface area contributed by atoms with Crippen LogP contribution in [-0.4, -0.2) is 44.1 Å². The van der Waals surface area contributed by atoms with Gasteiger partial charge >= 0.3 is 0 Å². The van der Waals surface area contributed by atoms with Gasteiger partial charge in [-0.15, -0.1) is 0 Å². The fourth-order valence-electron chi connectivity index (χ4n) is 2.32. The Hall–Kier alpha value is -1.69.